The molecule has 5 aromatic rings. The molecular formula is C25H17NO4S. The molecule has 0 aliphatic carbocycles. The quantitative estimate of drug-likeness (QED) is 0.405. The summed E-state index contributed by atoms with van der Waals surface area (Å²) in [6.07, 6.45) is 1.41. The van der Waals surface area contributed by atoms with Crippen molar-refractivity contribution in [2.75, 3.05) is 0 Å². The Morgan fingerprint density at radius 1 is 0.968 bits per heavy atom. The van der Waals surface area contributed by atoms with Crippen LogP contribution in [0.1, 0.15) is 15.9 Å². The fourth-order valence-electron chi connectivity index (χ4n) is 3.65. The zero-order valence-electron chi connectivity index (χ0n) is 16.3. The van der Waals surface area contributed by atoms with Crippen molar-refractivity contribution in [3.63, 3.8) is 0 Å². The van der Waals surface area contributed by atoms with Crippen molar-refractivity contribution < 1.29 is 14.6 Å². The summed E-state index contributed by atoms with van der Waals surface area (Å²) in [6.45, 7) is 0.466. The van der Waals surface area contributed by atoms with E-state index < -0.39 is 5.97 Å². The molecule has 5 nitrogen and oxygen atoms in total. The number of benzene rings is 2. The summed E-state index contributed by atoms with van der Waals surface area (Å²) in [5, 5.41) is 12.1. The van der Waals surface area contributed by atoms with Crippen LogP contribution in [0.4, 0.5) is 0 Å². The lowest BCUT2D eigenvalue weighted by molar-refractivity contribution is 0.0698. The summed E-state index contributed by atoms with van der Waals surface area (Å²) in [5.41, 5.74) is 2.88. The van der Waals surface area contributed by atoms with Gasteiger partial charge in [0.15, 0.2) is 0 Å². The van der Waals surface area contributed by atoms with Gasteiger partial charge in [-0.05, 0) is 46.8 Å². The van der Waals surface area contributed by atoms with Crippen LogP contribution in [0.3, 0.4) is 0 Å². The van der Waals surface area contributed by atoms with E-state index in [0.717, 1.165) is 15.8 Å². The van der Waals surface area contributed by atoms with Gasteiger partial charge in [-0.1, -0.05) is 42.5 Å². The van der Waals surface area contributed by atoms with E-state index in [-0.39, 0.29) is 11.1 Å². The van der Waals surface area contributed by atoms with Gasteiger partial charge in [-0.25, -0.2) is 4.79 Å². The molecule has 31 heavy (non-hydrogen) atoms. The molecule has 5 rings (SSSR count). The first-order valence-corrected chi connectivity index (χ1v) is 10.6. The third kappa shape index (κ3) is 3.47. The van der Waals surface area contributed by atoms with Gasteiger partial charge in [0.2, 0.25) is 0 Å². The lowest BCUT2D eigenvalue weighted by atomic mass is 10.1. The predicted octanol–water partition coefficient (Wildman–Crippen LogP) is 5.46. The summed E-state index contributed by atoms with van der Waals surface area (Å²) in [6, 6.07) is 22.7. The van der Waals surface area contributed by atoms with Crippen LogP contribution >= 0.6 is 11.3 Å². The first-order valence-electron chi connectivity index (χ1n) is 9.68. The second-order valence-electron chi connectivity index (χ2n) is 7.12. The molecule has 0 saturated carbocycles. The van der Waals surface area contributed by atoms with Crippen LogP contribution in [0, 0.1) is 0 Å². The molecule has 0 spiro atoms. The number of hydrogen-bond donors (Lipinski definition) is 1. The van der Waals surface area contributed by atoms with Crippen molar-refractivity contribution in [2.45, 2.75) is 6.61 Å². The highest BCUT2D eigenvalue weighted by Crippen LogP contribution is 2.29. The molecular weight excluding hydrogens is 410 g/mol. The van der Waals surface area contributed by atoms with E-state index in [0.29, 0.717) is 28.8 Å². The number of rotatable bonds is 5. The van der Waals surface area contributed by atoms with Gasteiger partial charge in [-0.15, -0.1) is 11.3 Å². The van der Waals surface area contributed by atoms with Crippen LogP contribution in [-0.2, 0) is 6.61 Å². The van der Waals surface area contributed by atoms with Gasteiger partial charge in [0.05, 0.1) is 15.8 Å². The molecule has 2 aromatic carbocycles. The van der Waals surface area contributed by atoms with Crippen LogP contribution in [-0.4, -0.2) is 15.5 Å². The van der Waals surface area contributed by atoms with Gasteiger partial charge in [0.1, 0.15) is 12.4 Å². The highest BCUT2D eigenvalue weighted by atomic mass is 32.1. The van der Waals surface area contributed by atoms with Gasteiger partial charge in [0.25, 0.3) is 5.56 Å². The number of hydrogen-bond acceptors (Lipinski definition) is 4. The van der Waals surface area contributed by atoms with Crippen molar-refractivity contribution in [3.05, 3.63) is 106 Å². The first kappa shape index (κ1) is 19.1. The molecule has 0 bridgehead atoms. The standard InChI is InChI=1S/C25H17NO4S/c27-24-19(17-6-8-18(9-7-17)30-15-16-4-2-1-3-5-16)10-11-22-23-20(12-13-31-23)21(25(28)29)14-26(22)24/h1-14H,15H2,(H,28,29). The predicted molar refractivity (Wildman–Crippen MR) is 122 cm³/mol. The highest BCUT2D eigenvalue weighted by molar-refractivity contribution is 7.18. The molecule has 3 aromatic heterocycles. The number of carboxylic acid groups (broad SMARTS) is 1. The molecule has 0 aliphatic heterocycles. The minimum Gasteiger partial charge on any atom is -0.489 e. The summed E-state index contributed by atoms with van der Waals surface area (Å²) in [5.74, 6) is -0.343. The van der Waals surface area contributed by atoms with E-state index in [1.165, 1.54) is 21.9 Å². The third-order valence-corrected chi connectivity index (χ3v) is 6.14. The third-order valence-electron chi connectivity index (χ3n) is 5.21. The normalized spacial score (nSPS) is 11.1. The zero-order chi connectivity index (χ0) is 21.4. The van der Waals surface area contributed by atoms with E-state index in [2.05, 4.69) is 0 Å². The monoisotopic (exact) mass is 427 g/mol. The van der Waals surface area contributed by atoms with Crippen molar-refractivity contribution in [1.82, 2.24) is 4.40 Å². The largest absolute Gasteiger partial charge is 0.489 e. The smallest absolute Gasteiger partial charge is 0.337 e. The maximum Gasteiger partial charge on any atom is 0.337 e. The van der Waals surface area contributed by atoms with Crippen LogP contribution < -0.4 is 10.3 Å². The van der Waals surface area contributed by atoms with Crippen molar-refractivity contribution in [3.8, 4) is 16.9 Å². The Kier molecular flexibility index (Phi) is 4.76. The SMILES string of the molecule is O=C(O)c1cn2c(=O)c(-c3ccc(OCc4ccccc4)cc3)ccc2c2sccc12. The van der Waals surface area contributed by atoms with Crippen LogP contribution in [0.25, 0.3) is 26.7 Å². The Hall–Kier alpha value is -3.90. The molecule has 0 aliphatic rings. The van der Waals surface area contributed by atoms with Gasteiger partial charge in [-0.2, -0.15) is 0 Å². The minimum absolute atomic E-state index is 0.118. The van der Waals surface area contributed by atoms with Gasteiger partial charge < -0.3 is 9.84 Å². The van der Waals surface area contributed by atoms with Crippen molar-refractivity contribution in [1.29, 1.82) is 0 Å². The number of fused-ring (bicyclic) bond motifs is 3. The second-order valence-corrected chi connectivity index (χ2v) is 8.03. The first-order chi connectivity index (χ1) is 15.1. The van der Waals surface area contributed by atoms with E-state index >= 15 is 0 Å². The molecule has 0 radical (unpaired) electrons. The van der Waals surface area contributed by atoms with Gasteiger partial charge >= 0.3 is 5.97 Å². The summed E-state index contributed by atoms with van der Waals surface area (Å²) in [7, 11) is 0. The Morgan fingerprint density at radius 3 is 2.48 bits per heavy atom. The van der Waals surface area contributed by atoms with Crippen molar-refractivity contribution >= 4 is 32.9 Å². The van der Waals surface area contributed by atoms with E-state index in [1.807, 2.05) is 66.0 Å². The molecule has 152 valence electrons. The van der Waals surface area contributed by atoms with E-state index in [4.69, 9.17) is 4.74 Å². The minimum atomic E-state index is -1.05. The number of aromatic carboxylic acids is 1. The number of carbonyl (C=O) groups is 1. The maximum atomic E-state index is 13.2. The molecule has 0 unspecified atom stereocenters. The number of carboxylic acids is 1. The van der Waals surface area contributed by atoms with Crippen LogP contribution in [0.5, 0.6) is 5.75 Å². The molecule has 1 N–H and O–H groups in total. The summed E-state index contributed by atoms with van der Waals surface area (Å²) >= 11 is 1.42. The molecule has 0 fully saturated rings. The second kappa shape index (κ2) is 7.74. The Labute approximate surface area is 181 Å². The number of nitrogens with zero attached hydrogens (tertiary/aromatic N) is 1. The van der Waals surface area contributed by atoms with E-state index in [9.17, 15) is 14.7 Å². The van der Waals surface area contributed by atoms with Crippen LogP contribution in [0.2, 0.25) is 0 Å². The molecule has 0 amide bonds. The van der Waals surface area contributed by atoms with Gasteiger partial charge in [-0.3, -0.25) is 9.20 Å². The summed E-state index contributed by atoms with van der Waals surface area (Å²) in [4.78, 5) is 24.9. The number of pyridine rings is 2. The number of aromatic nitrogens is 1. The fraction of sp³-hybridized carbons (Fsp3) is 0.0400. The number of thiophene rings is 1. The average Bonchev–Trinajstić information content (AvgIpc) is 3.29. The van der Waals surface area contributed by atoms with Crippen molar-refractivity contribution in [2.24, 2.45) is 0 Å². The Morgan fingerprint density at radius 2 is 1.74 bits per heavy atom. The van der Waals surface area contributed by atoms with E-state index in [1.54, 1.807) is 12.1 Å². The Bertz CT molecular complexity index is 1470. The Balaban J connectivity index is 1.51. The molecule has 0 saturated heterocycles. The average molecular weight is 427 g/mol. The maximum absolute atomic E-state index is 13.2. The topological polar surface area (TPSA) is 68.0 Å². The lowest BCUT2D eigenvalue weighted by Gasteiger charge is -2.10. The lowest BCUT2D eigenvalue weighted by Crippen LogP contribution is -2.17. The fourth-order valence-corrected chi connectivity index (χ4v) is 4.58. The van der Waals surface area contributed by atoms with Crippen LogP contribution in [0.15, 0.2) is 89.2 Å². The zero-order valence-corrected chi connectivity index (χ0v) is 17.1. The summed E-state index contributed by atoms with van der Waals surface area (Å²) < 4.78 is 8.03. The molecule has 3 heterocycles. The molecule has 6 heteroatoms. The van der Waals surface area contributed by atoms with Gasteiger partial charge in [0, 0.05) is 17.1 Å². The molecule has 0 atom stereocenters. The number of ether oxygens (including phenoxy) is 1. The highest BCUT2D eigenvalue weighted by Gasteiger charge is 2.16.